The fourth-order valence-electron chi connectivity index (χ4n) is 3.59. The van der Waals surface area contributed by atoms with Crippen LogP contribution in [0.5, 0.6) is 0 Å². The third-order valence-electron chi connectivity index (χ3n) is 5.29. The number of carbonyl (C=O) groups is 1. The van der Waals surface area contributed by atoms with Crippen molar-refractivity contribution in [1.29, 1.82) is 5.26 Å². The maximum absolute atomic E-state index is 12.1. The van der Waals surface area contributed by atoms with E-state index in [0.29, 0.717) is 0 Å². The predicted molar refractivity (Wildman–Crippen MR) is 112 cm³/mol. The Bertz CT molecular complexity index is 863. The fraction of sp³-hybridized carbons (Fsp3) is 0.391. The molecule has 3 unspecified atom stereocenters. The predicted octanol–water partition coefficient (Wildman–Crippen LogP) is 3.84. The van der Waals surface area contributed by atoms with Crippen molar-refractivity contribution in [3.63, 3.8) is 0 Å². The van der Waals surface area contributed by atoms with Gasteiger partial charge in [0.05, 0.1) is 30.6 Å². The molecule has 0 aliphatic heterocycles. The van der Waals surface area contributed by atoms with Gasteiger partial charge in [0.2, 0.25) is 0 Å². The highest BCUT2D eigenvalue weighted by Crippen LogP contribution is 2.46. The summed E-state index contributed by atoms with van der Waals surface area (Å²) in [4.78, 5) is 16.3. The molecule has 0 saturated heterocycles. The summed E-state index contributed by atoms with van der Waals surface area (Å²) in [5.41, 5.74) is 2.09. The molecule has 0 radical (unpaired) electrons. The third-order valence-corrected chi connectivity index (χ3v) is 5.29. The lowest BCUT2D eigenvalue weighted by Crippen LogP contribution is -2.28. The zero-order chi connectivity index (χ0) is 20.6. The summed E-state index contributed by atoms with van der Waals surface area (Å²) >= 11 is 0. The Kier molecular flexibility index (Phi) is 6.96. The van der Waals surface area contributed by atoms with E-state index in [2.05, 4.69) is 23.2 Å². The number of benzene rings is 1. The minimum absolute atomic E-state index is 0.104. The van der Waals surface area contributed by atoms with Gasteiger partial charge in [0, 0.05) is 18.8 Å². The van der Waals surface area contributed by atoms with Crippen molar-refractivity contribution in [3.8, 4) is 6.07 Å². The number of nitrogens with zero attached hydrogens (tertiary/aromatic N) is 4. The van der Waals surface area contributed by atoms with Crippen molar-refractivity contribution in [2.45, 2.75) is 32.7 Å². The zero-order valence-corrected chi connectivity index (χ0v) is 16.8. The minimum Gasteiger partial charge on any atom is -0.465 e. The van der Waals surface area contributed by atoms with Gasteiger partial charge in [0.25, 0.3) is 0 Å². The first kappa shape index (κ1) is 20.5. The first-order chi connectivity index (χ1) is 14.2. The van der Waals surface area contributed by atoms with Crippen molar-refractivity contribution in [3.05, 3.63) is 60.4 Å². The Morgan fingerprint density at radius 1 is 1.38 bits per heavy atom. The standard InChI is InChI=1S/C23H26N4O2/c1-3-29-23(28)21(15-24)17(2)20-14-22(20)27(19-10-7-12-25-16-19)26-13-11-18-8-5-4-6-9-18/h4-10,12-13,16-17,20-22H,3,11,14H2,1-2H3/b26-13+/t17-,20?,21?,22?/m1/s1. The van der Waals surface area contributed by atoms with Gasteiger partial charge in [-0.05, 0) is 42.9 Å². The molecule has 1 aliphatic rings. The summed E-state index contributed by atoms with van der Waals surface area (Å²) in [5, 5.41) is 16.2. The van der Waals surface area contributed by atoms with Crippen LogP contribution >= 0.6 is 0 Å². The van der Waals surface area contributed by atoms with Crippen LogP contribution in [-0.4, -0.2) is 29.8 Å². The molecule has 1 saturated carbocycles. The van der Waals surface area contributed by atoms with Gasteiger partial charge in [-0.1, -0.05) is 37.3 Å². The Hall–Kier alpha value is -3.20. The van der Waals surface area contributed by atoms with Gasteiger partial charge in [-0.15, -0.1) is 0 Å². The van der Waals surface area contributed by atoms with Crippen LogP contribution < -0.4 is 5.01 Å². The molecule has 1 aliphatic carbocycles. The van der Waals surface area contributed by atoms with Gasteiger partial charge in [-0.3, -0.25) is 14.8 Å². The van der Waals surface area contributed by atoms with E-state index in [1.165, 1.54) is 5.56 Å². The van der Waals surface area contributed by atoms with Crippen molar-refractivity contribution in [2.75, 3.05) is 11.6 Å². The number of ether oxygens (including phenoxy) is 1. The number of hydrogen-bond donors (Lipinski definition) is 0. The maximum atomic E-state index is 12.1. The third kappa shape index (κ3) is 5.20. The topological polar surface area (TPSA) is 78.6 Å². The van der Waals surface area contributed by atoms with E-state index in [1.807, 2.05) is 48.5 Å². The smallest absolute Gasteiger partial charge is 0.323 e. The number of pyridine rings is 1. The summed E-state index contributed by atoms with van der Waals surface area (Å²) in [6.07, 6.45) is 7.02. The van der Waals surface area contributed by atoms with Gasteiger partial charge in [-0.25, -0.2) is 0 Å². The molecular weight excluding hydrogens is 364 g/mol. The molecule has 1 aromatic carbocycles. The second-order valence-corrected chi connectivity index (χ2v) is 7.23. The van der Waals surface area contributed by atoms with Gasteiger partial charge < -0.3 is 4.74 Å². The van der Waals surface area contributed by atoms with E-state index in [4.69, 9.17) is 9.84 Å². The number of esters is 1. The number of nitriles is 1. The highest BCUT2D eigenvalue weighted by atomic mass is 16.5. The van der Waals surface area contributed by atoms with Gasteiger partial charge in [-0.2, -0.15) is 10.4 Å². The average Bonchev–Trinajstić information content (AvgIpc) is 3.54. The number of hydrazone groups is 1. The molecule has 0 N–H and O–H groups in total. The van der Waals surface area contributed by atoms with Crippen molar-refractivity contribution < 1.29 is 9.53 Å². The molecular formula is C23H26N4O2. The molecule has 1 heterocycles. The van der Waals surface area contributed by atoms with Crippen LogP contribution in [0.2, 0.25) is 0 Å². The van der Waals surface area contributed by atoms with Crippen LogP contribution in [0.1, 0.15) is 25.8 Å². The summed E-state index contributed by atoms with van der Waals surface area (Å²) in [7, 11) is 0. The molecule has 6 heteroatoms. The maximum Gasteiger partial charge on any atom is 0.323 e. The fourth-order valence-corrected chi connectivity index (χ4v) is 3.59. The molecule has 1 fully saturated rings. The highest BCUT2D eigenvalue weighted by Gasteiger charge is 2.49. The second-order valence-electron chi connectivity index (χ2n) is 7.23. The molecule has 0 amide bonds. The molecule has 2 aromatic rings. The first-order valence-electron chi connectivity index (χ1n) is 9.97. The van der Waals surface area contributed by atoms with Crippen LogP contribution in [-0.2, 0) is 16.0 Å². The lowest BCUT2D eigenvalue weighted by atomic mass is 9.90. The normalized spacial score (nSPS) is 19.9. The van der Waals surface area contributed by atoms with E-state index in [1.54, 1.807) is 19.3 Å². The number of hydrogen-bond acceptors (Lipinski definition) is 6. The SMILES string of the molecule is CCOC(=O)C(C#N)[C@H](C)C1CC1N(/N=C/Cc1ccccc1)c1cccnc1. The van der Waals surface area contributed by atoms with Crippen molar-refractivity contribution >= 4 is 17.9 Å². The summed E-state index contributed by atoms with van der Waals surface area (Å²) in [6.45, 7) is 3.98. The van der Waals surface area contributed by atoms with E-state index < -0.39 is 11.9 Å². The number of rotatable bonds is 9. The Balaban J connectivity index is 1.72. The molecule has 150 valence electrons. The van der Waals surface area contributed by atoms with E-state index >= 15 is 0 Å². The zero-order valence-electron chi connectivity index (χ0n) is 16.8. The second kappa shape index (κ2) is 9.83. The van der Waals surface area contributed by atoms with Crippen molar-refractivity contribution in [2.24, 2.45) is 22.9 Å². The number of carbonyl (C=O) groups excluding carboxylic acids is 1. The van der Waals surface area contributed by atoms with Crippen LogP contribution in [0.3, 0.4) is 0 Å². The Morgan fingerprint density at radius 3 is 2.83 bits per heavy atom. The molecule has 4 atom stereocenters. The number of anilines is 1. The quantitative estimate of drug-likeness (QED) is 0.369. The van der Waals surface area contributed by atoms with Crippen LogP contribution in [0.25, 0.3) is 0 Å². The van der Waals surface area contributed by atoms with E-state index in [0.717, 1.165) is 18.5 Å². The molecule has 0 spiro atoms. The van der Waals surface area contributed by atoms with Crippen LogP contribution in [0.15, 0.2) is 60.0 Å². The largest absolute Gasteiger partial charge is 0.465 e. The number of aromatic nitrogens is 1. The average molecular weight is 390 g/mol. The lowest BCUT2D eigenvalue weighted by Gasteiger charge is -2.22. The molecule has 0 bridgehead atoms. The van der Waals surface area contributed by atoms with E-state index in [-0.39, 0.29) is 24.5 Å². The van der Waals surface area contributed by atoms with Crippen molar-refractivity contribution in [1.82, 2.24) is 4.98 Å². The summed E-state index contributed by atoms with van der Waals surface area (Å²) in [6, 6.07) is 16.3. The van der Waals surface area contributed by atoms with Gasteiger partial charge in [0.1, 0.15) is 5.92 Å². The van der Waals surface area contributed by atoms with Crippen LogP contribution in [0.4, 0.5) is 5.69 Å². The molecule has 29 heavy (non-hydrogen) atoms. The highest BCUT2D eigenvalue weighted by molar-refractivity contribution is 5.75. The Morgan fingerprint density at radius 2 is 2.17 bits per heavy atom. The van der Waals surface area contributed by atoms with Gasteiger partial charge in [0.15, 0.2) is 0 Å². The monoisotopic (exact) mass is 390 g/mol. The van der Waals surface area contributed by atoms with Gasteiger partial charge >= 0.3 is 5.97 Å². The van der Waals surface area contributed by atoms with Crippen LogP contribution in [0, 0.1) is 29.1 Å². The minimum atomic E-state index is -0.756. The Labute approximate surface area is 171 Å². The summed E-state index contributed by atoms with van der Waals surface area (Å²) in [5.74, 6) is -1.10. The lowest BCUT2D eigenvalue weighted by molar-refractivity contribution is -0.147. The molecule has 3 rings (SSSR count). The summed E-state index contributed by atoms with van der Waals surface area (Å²) < 4.78 is 5.07. The van der Waals surface area contributed by atoms with E-state index in [9.17, 15) is 10.1 Å². The molecule has 6 nitrogen and oxygen atoms in total. The first-order valence-corrected chi connectivity index (χ1v) is 9.97. The molecule has 1 aromatic heterocycles.